The molecule has 0 saturated carbocycles. The summed E-state index contributed by atoms with van der Waals surface area (Å²) in [6.45, 7) is 0.668. The first-order valence-corrected chi connectivity index (χ1v) is 6.12. The van der Waals surface area contributed by atoms with Gasteiger partial charge in [-0.1, -0.05) is 18.2 Å². The average Bonchev–Trinajstić information content (AvgIpc) is 2.83. The van der Waals surface area contributed by atoms with Crippen LogP contribution in [-0.2, 0) is 0 Å². The van der Waals surface area contributed by atoms with Crippen molar-refractivity contribution in [3.8, 4) is 5.75 Å². The van der Waals surface area contributed by atoms with Crippen molar-refractivity contribution in [1.29, 1.82) is 0 Å². The molecule has 0 aliphatic carbocycles. The lowest BCUT2D eigenvalue weighted by Gasteiger charge is -2.02. The lowest BCUT2D eigenvalue weighted by atomic mass is 10.0. The highest BCUT2D eigenvalue weighted by Gasteiger charge is 2.27. The highest BCUT2D eigenvalue weighted by atomic mass is 79.9. The van der Waals surface area contributed by atoms with Crippen LogP contribution in [0.1, 0.15) is 16.5 Å². The number of hydrogen-bond donors (Lipinski definition) is 0. The number of benzene rings is 1. The standard InChI is InChI=1S/C10H7BrN2OS/c11-10-12-9(15-13-10)7-5-14-8-4-2-1-3-6(7)8/h1-4,7H,5H2. The number of rotatable bonds is 1. The molecule has 3 rings (SSSR count). The second-order valence-electron chi connectivity index (χ2n) is 3.30. The van der Waals surface area contributed by atoms with Gasteiger partial charge in [0.25, 0.3) is 0 Å². The molecule has 76 valence electrons. The van der Waals surface area contributed by atoms with Crippen molar-refractivity contribution in [3.63, 3.8) is 0 Å². The minimum atomic E-state index is 0.241. The summed E-state index contributed by atoms with van der Waals surface area (Å²) in [4.78, 5) is 4.34. The van der Waals surface area contributed by atoms with E-state index < -0.39 is 0 Å². The molecule has 1 aromatic heterocycles. The van der Waals surface area contributed by atoms with Crippen molar-refractivity contribution in [1.82, 2.24) is 9.36 Å². The summed E-state index contributed by atoms with van der Waals surface area (Å²) in [6, 6.07) is 8.08. The van der Waals surface area contributed by atoms with Gasteiger partial charge in [-0.25, -0.2) is 4.98 Å². The molecule has 1 atom stereocenters. The van der Waals surface area contributed by atoms with Crippen LogP contribution in [0.15, 0.2) is 29.0 Å². The largest absolute Gasteiger partial charge is 0.492 e. The summed E-state index contributed by atoms with van der Waals surface area (Å²) in [5.41, 5.74) is 1.21. The van der Waals surface area contributed by atoms with Gasteiger partial charge in [0.15, 0.2) is 0 Å². The normalized spacial score (nSPS) is 18.6. The highest BCUT2D eigenvalue weighted by molar-refractivity contribution is 9.10. The van der Waals surface area contributed by atoms with Gasteiger partial charge in [-0.15, -0.1) is 0 Å². The van der Waals surface area contributed by atoms with Crippen molar-refractivity contribution in [2.24, 2.45) is 0 Å². The molecule has 0 bridgehead atoms. The molecule has 0 amide bonds. The lowest BCUT2D eigenvalue weighted by molar-refractivity contribution is 0.343. The predicted octanol–water partition coefficient (Wildman–Crippen LogP) is 2.82. The van der Waals surface area contributed by atoms with Crippen LogP contribution in [0, 0.1) is 0 Å². The first-order chi connectivity index (χ1) is 7.34. The van der Waals surface area contributed by atoms with Crippen LogP contribution in [0.4, 0.5) is 0 Å². The van der Waals surface area contributed by atoms with Gasteiger partial charge in [0.1, 0.15) is 17.4 Å². The first-order valence-electron chi connectivity index (χ1n) is 4.55. The van der Waals surface area contributed by atoms with Gasteiger partial charge >= 0.3 is 0 Å². The Morgan fingerprint density at radius 3 is 3.07 bits per heavy atom. The van der Waals surface area contributed by atoms with Crippen LogP contribution in [0.25, 0.3) is 0 Å². The zero-order valence-corrected chi connectivity index (χ0v) is 10.1. The van der Waals surface area contributed by atoms with E-state index in [1.807, 2.05) is 18.2 Å². The van der Waals surface area contributed by atoms with Crippen molar-refractivity contribution >= 4 is 27.5 Å². The van der Waals surface area contributed by atoms with E-state index in [0.717, 1.165) is 10.8 Å². The number of nitrogens with zero attached hydrogens (tertiary/aromatic N) is 2. The molecule has 2 heterocycles. The van der Waals surface area contributed by atoms with Crippen LogP contribution >= 0.6 is 27.5 Å². The van der Waals surface area contributed by atoms with E-state index in [0.29, 0.717) is 11.3 Å². The monoisotopic (exact) mass is 282 g/mol. The Balaban J connectivity index is 2.04. The maximum Gasteiger partial charge on any atom is 0.209 e. The SMILES string of the molecule is Brc1nsc(C2COc3ccccc32)n1. The number of hydrogen-bond acceptors (Lipinski definition) is 4. The van der Waals surface area contributed by atoms with Crippen LogP contribution in [0.2, 0.25) is 0 Å². The summed E-state index contributed by atoms with van der Waals surface area (Å²) >= 11 is 4.69. The molecule has 15 heavy (non-hydrogen) atoms. The Hall–Kier alpha value is -0.940. The smallest absolute Gasteiger partial charge is 0.209 e. The number of para-hydroxylation sites is 1. The fraction of sp³-hybridized carbons (Fsp3) is 0.200. The Kier molecular flexibility index (Phi) is 2.21. The molecule has 1 unspecified atom stereocenters. The maximum atomic E-state index is 5.60. The Bertz CT molecular complexity index is 500. The average molecular weight is 283 g/mol. The zero-order valence-electron chi connectivity index (χ0n) is 7.68. The Morgan fingerprint density at radius 1 is 1.40 bits per heavy atom. The molecule has 0 spiro atoms. The van der Waals surface area contributed by atoms with Gasteiger partial charge in [0, 0.05) is 5.56 Å². The molecule has 0 radical (unpaired) electrons. The van der Waals surface area contributed by atoms with E-state index in [1.165, 1.54) is 17.1 Å². The zero-order chi connectivity index (χ0) is 10.3. The van der Waals surface area contributed by atoms with E-state index in [-0.39, 0.29) is 5.92 Å². The fourth-order valence-corrected chi connectivity index (χ4v) is 2.91. The number of aromatic nitrogens is 2. The summed E-state index contributed by atoms with van der Waals surface area (Å²) in [7, 11) is 0. The van der Waals surface area contributed by atoms with Gasteiger partial charge in [-0.05, 0) is 33.5 Å². The maximum absolute atomic E-state index is 5.60. The number of ether oxygens (including phenoxy) is 1. The van der Waals surface area contributed by atoms with E-state index in [1.54, 1.807) is 0 Å². The molecule has 1 aliphatic heterocycles. The predicted molar refractivity (Wildman–Crippen MR) is 61.4 cm³/mol. The van der Waals surface area contributed by atoms with E-state index in [9.17, 15) is 0 Å². The fourth-order valence-electron chi connectivity index (χ4n) is 1.72. The lowest BCUT2D eigenvalue weighted by Crippen LogP contribution is -2.01. The molecule has 0 saturated heterocycles. The van der Waals surface area contributed by atoms with Crippen molar-refractivity contribution < 1.29 is 4.74 Å². The highest BCUT2D eigenvalue weighted by Crippen LogP contribution is 2.38. The van der Waals surface area contributed by atoms with Gasteiger partial charge < -0.3 is 4.74 Å². The van der Waals surface area contributed by atoms with Gasteiger partial charge in [-0.2, -0.15) is 4.37 Å². The molecule has 2 aromatic rings. The molecular weight excluding hydrogens is 276 g/mol. The minimum absolute atomic E-state index is 0.241. The summed E-state index contributed by atoms with van der Waals surface area (Å²) in [6.07, 6.45) is 0. The van der Waals surface area contributed by atoms with E-state index in [4.69, 9.17) is 4.74 Å². The van der Waals surface area contributed by atoms with E-state index in [2.05, 4.69) is 31.4 Å². The van der Waals surface area contributed by atoms with E-state index >= 15 is 0 Å². The van der Waals surface area contributed by atoms with Gasteiger partial charge in [-0.3, -0.25) is 0 Å². The molecule has 3 nitrogen and oxygen atoms in total. The minimum Gasteiger partial charge on any atom is -0.492 e. The van der Waals surface area contributed by atoms with Crippen LogP contribution < -0.4 is 4.74 Å². The molecule has 5 heteroatoms. The van der Waals surface area contributed by atoms with Crippen molar-refractivity contribution in [2.75, 3.05) is 6.61 Å². The summed E-state index contributed by atoms with van der Waals surface area (Å²) in [5.74, 6) is 1.21. The van der Waals surface area contributed by atoms with Crippen LogP contribution in [-0.4, -0.2) is 16.0 Å². The quantitative estimate of drug-likeness (QED) is 0.807. The third-order valence-corrected chi connectivity index (χ3v) is 3.83. The van der Waals surface area contributed by atoms with Crippen molar-refractivity contribution in [2.45, 2.75) is 5.92 Å². The van der Waals surface area contributed by atoms with Crippen LogP contribution in [0.5, 0.6) is 5.75 Å². The first kappa shape index (κ1) is 9.30. The van der Waals surface area contributed by atoms with Gasteiger partial charge in [0.05, 0.1) is 5.92 Å². The summed E-state index contributed by atoms with van der Waals surface area (Å²) in [5, 5.41) is 1.01. The van der Waals surface area contributed by atoms with Crippen LogP contribution in [0.3, 0.4) is 0 Å². The second kappa shape index (κ2) is 3.57. The summed E-state index contributed by atoms with van der Waals surface area (Å²) < 4.78 is 10.4. The number of halogens is 1. The third kappa shape index (κ3) is 1.55. The topological polar surface area (TPSA) is 35.0 Å². The molecule has 0 N–H and O–H groups in total. The molecule has 1 aliphatic rings. The third-order valence-electron chi connectivity index (χ3n) is 2.41. The number of fused-ring (bicyclic) bond motifs is 1. The Labute approximate surface area is 99.4 Å². The second-order valence-corrected chi connectivity index (χ2v) is 4.80. The molecule has 0 fully saturated rings. The molecular formula is C10H7BrN2OS. The van der Waals surface area contributed by atoms with Gasteiger partial charge in [0.2, 0.25) is 4.73 Å². The van der Waals surface area contributed by atoms with Crippen molar-refractivity contribution in [3.05, 3.63) is 39.6 Å². The molecule has 1 aromatic carbocycles. The Morgan fingerprint density at radius 2 is 2.27 bits per heavy atom.